The number of ether oxygens (including phenoxy) is 1. The van der Waals surface area contributed by atoms with E-state index in [1.165, 1.54) is 14.0 Å². The standard InChI is InChI=1S/C16H27N3O4.ClH/c1-7-8-11-12(13(21)23-6)17-9-16(11,18-10(2)20)14(22)19-15(3,4)5;/h7,11-12,17H,1,8-9H2,2-6H3,(H,18,20)(H,19,22);1H/t11?,12-,16?;/m0./s1. The van der Waals surface area contributed by atoms with Crippen LogP contribution in [0.4, 0.5) is 0 Å². The van der Waals surface area contributed by atoms with Gasteiger partial charge in [-0.3, -0.25) is 14.4 Å². The Labute approximate surface area is 149 Å². The molecule has 1 fully saturated rings. The Balaban J connectivity index is 0.00000529. The van der Waals surface area contributed by atoms with Crippen LogP contribution in [0.25, 0.3) is 0 Å². The number of carbonyl (C=O) groups is 3. The molecule has 2 amide bonds. The Hall–Kier alpha value is -1.60. The van der Waals surface area contributed by atoms with Gasteiger partial charge in [-0.2, -0.15) is 0 Å². The van der Waals surface area contributed by atoms with Crippen molar-refractivity contribution in [3.05, 3.63) is 12.7 Å². The van der Waals surface area contributed by atoms with E-state index in [0.29, 0.717) is 6.42 Å². The highest BCUT2D eigenvalue weighted by Gasteiger charge is 2.56. The molecular weight excluding hydrogens is 334 g/mol. The molecule has 2 unspecified atom stereocenters. The molecule has 1 rings (SSSR count). The molecule has 0 aliphatic carbocycles. The monoisotopic (exact) mass is 361 g/mol. The quantitative estimate of drug-likeness (QED) is 0.490. The maximum absolute atomic E-state index is 12.9. The maximum Gasteiger partial charge on any atom is 0.323 e. The van der Waals surface area contributed by atoms with Crippen molar-refractivity contribution in [3.63, 3.8) is 0 Å². The van der Waals surface area contributed by atoms with Gasteiger partial charge >= 0.3 is 5.97 Å². The zero-order chi connectivity index (χ0) is 17.8. The first-order valence-electron chi connectivity index (χ1n) is 7.61. The fourth-order valence-corrected chi connectivity index (χ4v) is 2.93. The molecule has 0 radical (unpaired) electrons. The van der Waals surface area contributed by atoms with E-state index in [1.54, 1.807) is 6.08 Å². The molecule has 7 nitrogen and oxygen atoms in total. The summed E-state index contributed by atoms with van der Waals surface area (Å²) in [4.78, 5) is 36.6. The van der Waals surface area contributed by atoms with Crippen LogP contribution < -0.4 is 16.0 Å². The van der Waals surface area contributed by atoms with Crippen LogP contribution in [-0.2, 0) is 19.1 Å². The molecule has 0 spiro atoms. The predicted molar refractivity (Wildman–Crippen MR) is 93.8 cm³/mol. The van der Waals surface area contributed by atoms with Gasteiger partial charge in [0.2, 0.25) is 11.8 Å². The lowest BCUT2D eigenvalue weighted by Gasteiger charge is -2.37. The number of esters is 1. The average Bonchev–Trinajstić information content (AvgIpc) is 2.76. The molecule has 0 bridgehead atoms. The van der Waals surface area contributed by atoms with Gasteiger partial charge in [-0.25, -0.2) is 0 Å². The van der Waals surface area contributed by atoms with Gasteiger partial charge in [0.1, 0.15) is 11.6 Å². The highest BCUT2D eigenvalue weighted by Crippen LogP contribution is 2.32. The number of hydrogen-bond acceptors (Lipinski definition) is 5. The van der Waals surface area contributed by atoms with Gasteiger partial charge in [-0.05, 0) is 27.2 Å². The molecule has 0 aromatic rings. The van der Waals surface area contributed by atoms with E-state index in [0.717, 1.165) is 0 Å². The average molecular weight is 362 g/mol. The van der Waals surface area contributed by atoms with Gasteiger partial charge in [0.25, 0.3) is 0 Å². The number of hydrogen-bond donors (Lipinski definition) is 3. The smallest absolute Gasteiger partial charge is 0.323 e. The van der Waals surface area contributed by atoms with E-state index in [4.69, 9.17) is 4.74 Å². The van der Waals surface area contributed by atoms with Crippen molar-refractivity contribution in [2.45, 2.75) is 51.2 Å². The van der Waals surface area contributed by atoms with E-state index in [1.807, 2.05) is 20.8 Å². The third-order valence-corrected chi connectivity index (χ3v) is 3.80. The molecule has 24 heavy (non-hydrogen) atoms. The van der Waals surface area contributed by atoms with Crippen LogP contribution in [0.2, 0.25) is 0 Å². The Morgan fingerprint density at radius 3 is 2.38 bits per heavy atom. The second-order valence-corrected chi connectivity index (χ2v) is 6.87. The topological polar surface area (TPSA) is 96.5 Å². The molecule has 1 aliphatic heterocycles. The van der Waals surface area contributed by atoms with Gasteiger partial charge in [-0.1, -0.05) is 6.08 Å². The Bertz CT molecular complexity index is 504. The molecule has 0 saturated carbocycles. The van der Waals surface area contributed by atoms with Crippen molar-refractivity contribution in [3.8, 4) is 0 Å². The molecular formula is C16H28ClN3O4. The minimum atomic E-state index is -1.23. The minimum absolute atomic E-state index is 0. The van der Waals surface area contributed by atoms with E-state index in [-0.39, 0.29) is 30.8 Å². The van der Waals surface area contributed by atoms with Crippen LogP contribution in [0.5, 0.6) is 0 Å². The highest BCUT2D eigenvalue weighted by atomic mass is 35.5. The Morgan fingerprint density at radius 2 is 1.96 bits per heavy atom. The van der Waals surface area contributed by atoms with Gasteiger partial charge in [0.15, 0.2) is 0 Å². The van der Waals surface area contributed by atoms with Gasteiger partial charge in [0.05, 0.1) is 7.11 Å². The van der Waals surface area contributed by atoms with E-state index >= 15 is 0 Å². The summed E-state index contributed by atoms with van der Waals surface area (Å²) in [6.45, 7) is 10.8. The number of nitrogens with one attached hydrogen (secondary N) is 3. The first kappa shape index (κ1) is 22.4. The molecule has 0 aromatic heterocycles. The summed E-state index contributed by atoms with van der Waals surface area (Å²) < 4.78 is 4.81. The van der Waals surface area contributed by atoms with Crippen molar-refractivity contribution in [1.82, 2.24) is 16.0 Å². The van der Waals surface area contributed by atoms with E-state index in [2.05, 4.69) is 22.5 Å². The number of amides is 2. The van der Waals surface area contributed by atoms with Crippen molar-refractivity contribution >= 4 is 30.2 Å². The van der Waals surface area contributed by atoms with E-state index in [9.17, 15) is 14.4 Å². The molecule has 3 atom stereocenters. The van der Waals surface area contributed by atoms with Crippen LogP contribution in [0.3, 0.4) is 0 Å². The lowest BCUT2D eigenvalue weighted by Crippen LogP contribution is -2.66. The SMILES string of the molecule is C=CCC1[C@@H](C(=O)OC)NCC1(NC(C)=O)C(=O)NC(C)(C)C.Cl. The summed E-state index contributed by atoms with van der Waals surface area (Å²) >= 11 is 0. The summed E-state index contributed by atoms with van der Waals surface area (Å²) in [5.74, 6) is -1.62. The fraction of sp³-hybridized carbons (Fsp3) is 0.688. The zero-order valence-corrected chi connectivity index (χ0v) is 15.7. The molecule has 138 valence electrons. The predicted octanol–water partition coefficient (Wildman–Crippen LogP) is 0.535. The molecule has 8 heteroatoms. The third kappa shape index (κ3) is 4.95. The highest BCUT2D eigenvalue weighted by molar-refractivity contribution is 5.94. The molecule has 3 N–H and O–H groups in total. The van der Waals surface area contributed by atoms with Crippen LogP contribution in [0.15, 0.2) is 12.7 Å². The minimum Gasteiger partial charge on any atom is -0.468 e. The molecule has 1 aliphatic rings. The lowest BCUT2D eigenvalue weighted by atomic mass is 9.79. The lowest BCUT2D eigenvalue weighted by molar-refractivity contribution is -0.145. The van der Waals surface area contributed by atoms with Crippen LogP contribution >= 0.6 is 12.4 Å². The first-order chi connectivity index (χ1) is 10.6. The summed E-state index contributed by atoms with van der Waals surface area (Å²) in [5, 5.41) is 8.65. The van der Waals surface area contributed by atoms with E-state index < -0.39 is 29.0 Å². The van der Waals surface area contributed by atoms with Gasteiger partial charge in [0, 0.05) is 24.9 Å². The fourth-order valence-electron chi connectivity index (χ4n) is 2.93. The first-order valence-corrected chi connectivity index (χ1v) is 7.61. The van der Waals surface area contributed by atoms with Crippen molar-refractivity contribution in [1.29, 1.82) is 0 Å². The van der Waals surface area contributed by atoms with Crippen LogP contribution in [0, 0.1) is 5.92 Å². The summed E-state index contributed by atoms with van der Waals surface area (Å²) in [5.41, 5.74) is -1.70. The number of rotatable bonds is 5. The Morgan fingerprint density at radius 1 is 1.38 bits per heavy atom. The molecule has 1 heterocycles. The maximum atomic E-state index is 12.9. The number of allylic oxidation sites excluding steroid dienone is 1. The second kappa shape index (κ2) is 8.48. The van der Waals surface area contributed by atoms with Gasteiger partial charge < -0.3 is 20.7 Å². The summed E-state index contributed by atoms with van der Waals surface area (Å²) in [6, 6.07) is -0.685. The second-order valence-electron chi connectivity index (χ2n) is 6.87. The van der Waals surface area contributed by atoms with Crippen molar-refractivity contribution in [2.24, 2.45) is 5.92 Å². The normalized spacial score (nSPS) is 26.0. The largest absolute Gasteiger partial charge is 0.468 e. The number of halogens is 1. The summed E-state index contributed by atoms with van der Waals surface area (Å²) in [7, 11) is 1.29. The van der Waals surface area contributed by atoms with Gasteiger partial charge in [-0.15, -0.1) is 19.0 Å². The van der Waals surface area contributed by atoms with Crippen molar-refractivity contribution < 1.29 is 19.1 Å². The molecule has 1 saturated heterocycles. The molecule has 0 aromatic carbocycles. The zero-order valence-electron chi connectivity index (χ0n) is 14.9. The van der Waals surface area contributed by atoms with Crippen LogP contribution in [0.1, 0.15) is 34.1 Å². The number of methoxy groups -OCH3 is 1. The number of carbonyl (C=O) groups excluding carboxylic acids is 3. The Kier molecular flexibility index (Phi) is 7.92. The van der Waals surface area contributed by atoms with Crippen molar-refractivity contribution in [2.75, 3.05) is 13.7 Å². The summed E-state index contributed by atoms with van der Waals surface area (Å²) in [6.07, 6.45) is 2.01. The third-order valence-electron chi connectivity index (χ3n) is 3.80. The van der Waals surface area contributed by atoms with Crippen LogP contribution in [-0.4, -0.2) is 48.6 Å².